The van der Waals surface area contributed by atoms with Crippen LogP contribution in [0.5, 0.6) is 17.2 Å². The monoisotopic (exact) mass is 365 g/mol. The number of rotatable bonds is 4. The fraction of sp³-hybridized carbons (Fsp3) is 0. The Hall–Kier alpha value is -4.07. The maximum Gasteiger partial charge on any atom is 0.430 e. The average Bonchev–Trinajstić information content (AvgIpc) is 2.65. The minimum Gasteiger partial charge on any atom is -0.464 e. The molecule has 2 amide bonds. The highest BCUT2D eigenvalue weighted by Crippen LogP contribution is 2.25. The highest BCUT2D eigenvalue weighted by molar-refractivity contribution is 6.08. The highest BCUT2D eigenvalue weighted by Gasteiger charge is 2.27. The van der Waals surface area contributed by atoms with Gasteiger partial charge in [-0.25, -0.2) is 14.6 Å². The number of hydrogen-bond acceptors (Lipinski definition) is 6. The molecule has 0 aliphatic carbocycles. The van der Waals surface area contributed by atoms with Gasteiger partial charge < -0.3 is 20.3 Å². The van der Waals surface area contributed by atoms with E-state index in [1.54, 1.807) is 42.5 Å². The number of carbonyl (C=O) groups excluding carboxylic acids is 1. The summed E-state index contributed by atoms with van der Waals surface area (Å²) in [5.41, 5.74) is 6.21. The molecule has 0 aliphatic heterocycles. The number of para-hydroxylation sites is 1. The van der Waals surface area contributed by atoms with Crippen molar-refractivity contribution >= 4 is 23.7 Å². The van der Waals surface area contributed by atoms with E-state index in [4.69, 9.17) is 15.2 Å². The molecule has 0 fully saturated rings. The summed E-state index contributed by atoms with van der Waals surface area (Å²) in [6.45, 7) is 0. The third-order valence-electron chi connectivity index (χ3n) is 3.38. The van der Waals surface area contributed by atoms with E-state index >= 15 is 0 Å². The van der Waals surface area contributed by atoms with Crippen molar-refractivity contribution < 1.29 is 24.2 Å². The Morgan fingerprint density at radius 1 is 0.926 bits per heavy atom. The molecule has 0 spiro atoms. The van der Waals surface area contributed by atoms with Gasteiger partial charge in [0, 0.05) is 18.0 Å². The zero-order valence-electron chi connectivity index (χ0n) is 14.0. The van der Waals surface area contributed by atoms with Gasteiger partial charge in [0.15, 0.2) is 5.82 Å². The summed E-state index contributed by atoms with van der Waals surface area (Å²) in [5.74, 6) is 0.845. The molecule has 27 heavy (non-hydrogen) atoms. The zero-order chi connectivity index (χ0) is 19.2. The van der Waals surface area contributed by atoms with E-state index in [1.807, 2.05) is 0 Å². The van der Waals surface area contributed by atoms with Crippen molar-refractivity contribution in [1.29, 1.82) is 0 Å². The SMILES string of the molecule is Nc1ccc(Oc2ccnc(N(C(=O)O)C(=O)Oc3ccccc3)c2)cc1. The van der Waals surface area contributed by atoms with Crippen LogP contribution in [-0.2, 0) is 0 Å². The smallest absolute Gasteiger partial charge is 0.430 e. The second-order valence-electron chi connectivity index (χ2n) is 5.32. The van der Waals surface area contributed by atoms with Crippen LogP contribution in [-0.4, -0.2) is 22.3 Å². The Morgan fingerprint density at radius 3 is 2.30 bits per heavy atom. The van der Waals surface area contributed by atoms with Crippen LogP contribution in [0, 0.1) is 0 Å². The summed E-state index contributed by atoms with van der Waals surface area (Å²) in [4.78, 5) is 28.2. The second kappa shape index (κ2) is 7.87. The Balaban J connectivity index is 1.82. The van der Waals surface area contributed by atoms with Gasteiger partial charge in [0.2, 0.25) is 0 Å². The number of carbonyl (C=O) groups is 2. The fourth-order valence-corrected chi connectivity index (χ4v) is 2.16. The summed E-state index contributed by atoms with van der Waals surface area (Å²) < 4.78 is 10.7. The molecule has 2 aromatic carbocycles. The number of nitrogen functional groups attached to an aromatic ring is 1. The number of anilines is 2. The first kappa shape index (κ1) is 17.7. The number of hydrogen-bond donors (Lipinski definition) is 2. The third kappa shape index (κ3) is 4.51. The fourth-order valence-electron chi connectivity index (χ4n) is 2.16. The van der Waals surface area contributed by atoms with Crippen LogP contribution in [0.1, 0.15) is 0 Å². The summed E-state index contributed by atoms with van der Waals surface area (Å²) in [5, 5.41) is 9.42. The van der Waals surface area contributed by atoms with Gasteiger partial charge in [-0.3, -0.25) is 0 Å². The van der Waals surface area contributed by atoms with Crippen LogP contribution in [0.15, 0.2) is 72.9 Å². The molecule has 0 aliphatic rings. The Labute approximate surface area is 154 Å². The molecule has 3 N–H and O–H groups in total. The number of imide groups is 1. The molecule has 0 bridgehead atoms. The Morgan fingerprint density at radius 2 is 1.63 bits per heavy atom. The number of carboxylic acid groups (broad SMARTS) is 1. The largest absolute Gasteiger partial charge is 0.464 e. The van der Waals surface area contributed by atoms with E-state index in [2.05, 4.69) is 4.98 Å². The first-order valence-corrected chi connectivity index (χ1v) is 7.82. The molecule has 0 radical (unpaired) electrons. The van der Waals surface area contributed by atoms with Crippen LogP contribution < -0.4 is 20.1 Å². The predicted octanol–water partition coefficient (Wildman–Crippen LogP) is 4.14. The standard InChI is InChI=1S/C19H15N3O5/c20-13-6-8-15(9-7-13)26-16-10-11-21-17(12-16)22(18(23)24)19(25)27-14-4-2-1-3-5-14/h1-12H,20H2,(H,23,24). The van der Waals surface area contributed by atoms with Gasteiger partial charge in [-0.05, 0) is 42.5 Å². The highest BCUT2D eigenvalue weighted by atomic mass is 16.6. The summed E-state index contributed by atoms with van der Waals surface area (Å²) in [6.07, 6.45) is -1.31. The number of nitrogens with two attached hydrogens (primary N) is 1. The average molecular weight is 365 g/mol. The van der Waals surface area contributed by atoms with Crippen molar-refractivity contribution in [2.75, 3.05) is 10.6 Å². The molecule has 136 valence electrons. The van der Waals surface area contributed by atoms with Gasteiger partial charge in [-0.15, -0.1) is 0 Å². The van der Waals surface area contributed by atoms with E-state index in [0.717, 1.165) is 0 Å². The second-order valence-corrected chi connectivity index (χ2v) is 5.32. The lowest BCUT2D eigenvalue weighted by Crippen LogP contribution is -2.38. The third-order valence-corrected chi connectivity index (χ3v) is 3.38. The van der Waals surface area contributed by atoms with Gasteiger partial charge >= 0.3 is 12.2 Å². The summed E-state index contributed by atoms with van der Waals surface area (Å²) in [6, 6.07) is 17.6. The van der Waals surface area contributed by atoms with Gasteiger partial charge in [0.1, 0.15) is 17.2 Å². The molecule has 0 unspecified atom stereocenters. The van der Waals surface area contributed by atoms with Crippen molar-refractivity contribution in [2.24, 2.45) is 0 Å². The van der Waals surface area contributed by atoms with Crippen molar-refractivity contribution in [3.63, 3.8) is 0 Å². The van der Waals surface area contributed by atoms with Crippen LogP contribution in [0.25, 0.3) is 0 Å². The zero-order valence-corrected chi connectivity index (χ0v) is 14.0. The molecule has 0 saturated carbocycles. The quantitative estimate of drug-likeness (QED) is 0.668. The number of aromatic nitrogens is 1. The first-order valence-electron chi connectivity index (χ1n) is 7.82. The lowest BCUT2D eigenvalue weighted by molar-refractivity contribution is 0.187. The normalized spacial score (nSPS) is 10.1. The van der Waals surface area contributed by atoms with Crippen molar-refractivity contribution in [3.8, 4) is 17.2 Å². The molecule has 0 saturated heterocycles. The number of pyridine rings is 1. The first-order chi connectivity index (χ1) is 13.0. The minimum atomic E-state index is -1.53. The van der Waals surface area contributed by atoms with E-state index in [9.17, 15) is 14.7 Å². The summed E-state index contributed by atoms with van der Waals surface area (Å²) in [7, 11) is 0. The summed E-state index contributed by atoms with van der Waals surface area (Å²) >= 11 is 0. The lowest BCUT2D eigenvalue weighted by Gasteiger charge is -2.16. The molecular weight excluding hydrogens is 350 g/mol. The Kier molecular flexibility index (Phi) is 5.17. The lowest BCUT2D eigenvalue weighted by atomic mass is 10.3. The van der Waals surface area contributed by atoms with Gasteiger partial charge in [0.25, 0.3) is 0 Å². The van der Waals surface area contributed by atoms with Gasteiger partial charge in [-0.1, -0.05) is 18.2 Å². The van der Waals surface area contributed by atoms with Gasteiger partial charge in [-0.2, -0.15) is 4.90 Å². The van der Waals surface area contributed by atoms with E-state index in [-0.39, 0.29) is 11.6 Å². The molecule has 1 heterocycles. The molecule has 0 atom stereocenters. The molecule has 3 rings (SSSR count). The van der Waals surface area contributed by atoms with Crippen LogP contribution in [0.3, 0.4) is 0 Å². The van der Waals surface area contributed by atoms with Crippen molar-refractivity contribution in [1.82, 2.24) is 4.98 Å². The molecule has 8 heteroatoms. The van der Waals surface area contributed by atoms with Crippen molar-refractivity contribution in [3.05, 3.63) is 72.9 Å². The van der Waals surface area contributed by atoms with Crippen LogP contribution >= 0.6 is 0 Å². The van der Waals surface area contributed by atoms with Crippen molar-refractivity contribution in [2.45, 2.75) is 0 Å². The predicted molar refractivity (Wildman–Crippen MR) is 98.1 cm³/mol. The topological polar surface area (TPSA) is 115 Å². The number of nitrogens with zero attached hydrogens (tertiary/aromatic N) is 2. The number of ether oxygens (including phenoxy) is 2. The Bertz CT molecular complexity index is 945. The van der Waals surface area contributed by atoms with E-state index in [1.165, 1.54) is 30.5 Å². The maximum atomic E-state index is 12.3. The van der Waals surface area contributed by atoms with E-state index < -0.39 is 12.2 Å². The van der Waals surface area contributed by atoms with Gasteiger partial charge in [0.05, 0.1) is 0 Å². The number of amides is 2. The van der Waals surface area contributed by atoms with Crippen LogP contribution in [0.2, 0.25) is 0 Å². The molecule has 3 aromatic rings. The molecule has 8 nitrogen and oxygen atoms in total. The molecular formula is C19H15N3O5. The van der Waals surface area contributed by atoms with E-state index in [0.29, 0.717) is 22.1 Å². The minimum absolute atomic E-state index is 0.156. The maximum absolute atomic E-state index is 12.3. The molecule has 1 aromatic heterocycles. The number of benzene rings is 2. The van der Waals surface area contributed by atoms with Crippen LogP contribution in [0.4, 0.5) is 21.1 Å².